The second-order valence-electron chi connectivity index (χ2n) is 4.60. The molecule has 1 heterocycles. The van der Waals surface area contributed by atoms with Crippen molar-refractivity contribution in [1.29, 1.82) is 0 Å². The van der Waals surface area contributed by atoms with Gasteiger partial charge in [0.15, 0.2) is 0 Å². The Morgan fingerprint density at radius 3 is 3.12 bits per heavy atom. The number of nitrogens with zero attached hydrogens (tertiary/aromatic N) is 1. The highest BCUT2D eigenvalue weighted by atomic mass is 32.1. The van der Waals surface area contributed by atoms with E-state index in [4.69, 9.17) is 0 Å². The molecule has 1 atom stereocenters. The summed E-state index contributed by atoms with van der Waals surface area (Å²) in [5.41, 5.74) is 0. The Kier molecular flexibility index (Phi) is 4.13. The molecule has 1 fully saturated rings. The van der Waals surface area contributed by atoms with Crippen molar-refractivity contribution in [1.82, 2.24) is 4.90 Å². The minimum atomic E-state index is 0.444. The van der Waals surface area contributed by atoms with E-state index in [-0.39, 0.29) is 0 Å². The Morgan fingerprint density at radius 2 is 2.44 bits per heavy atom. The third-order valence-electron chi connectivity index (χ3n) is 3.37. The van der Waals surface area contributed by atoms with Crippen LogP contribution < -0.4 is 0 Å². The summed E-state index contributed by atoms with van der Waals surface area (Å²) in [4.78, 5) is 15.2. The summed E-state index contributed by atoms with van der Waals surface area (Å²) in [5.74, 6) is 0.444. The van der Waals surface area contributed by atoms with Crippen LogP contribution in [0.3, 0.4) is 0 Å². The fraction of sp³-hybridized carbons (Fsp3) is 0.615. The van der Waals surface area contributed by atoms with E-state index in [1.54, 1.807) is 0 Å². The second-order valence-corrected chi connectivity index (χ2v) is 5.63. The van der Waals surface area contributed by atoms with Gasteiger partial charge in [0.1, 0.15) is 5.78 Å². The number of carbonyl (C=O) groups excluding carboxylic acids is 1. The summed E-state index contributed by atoms with van der Waals surface area (Å²) in [7, 11) is 2.15. The maximum Gasteiger partial charge on any atom is 0.134 e. The predicted octanol–water partition coefficient (Wildman–Crippen LogP) is 2.73. The van der Waals surface area contributed by atoms with Gasteiger partial charge < -0.3 is 4.90 Å². The van der Waals surface area contributed by atoms with Gasteiger partial charge in [-0.1, -0.05) is 6.07 Å². The third kappa shape index (κ3) is 3.16. The van der Waals surface area contributed by atoms with Crippen LogP contribution in [0.5, 0.6) is 0 Å². The molecule has 2 nitrogen and oxygen atoms in total. The molecule has 0 saturated heterocycles. The normalized spacial score (nSPS) is 21.6. The summed E-state index contributed by atoms with van der Waals surface area (Å²) in [6.07, 6.45) is 4.94. The van der Waals surface area contributed by atoms with E-state index in [9.17, 15) is 4.79 Å². The van der Waals surface area contributed by atoms with Crippen molar-refractivity contribution in [3.8, 4) is 0 Å². The lowest BCUT2D eigenvalue weighted by molar-refractivity contribution is -0.121. The molecule has 1 saturated carbocycles. The maximum atomic E-state index is 11.4. The van der Waals surface area contributed by atoms with E-state index < -0.39 is 0 Å². The van der Waals surface area contributed by atoms with Crippen molar-refractivity contribution in [3.05, 3.63) is 22.4 Å². The molecule has 1 aromatic heterocycles. The Morgan fingerprint density at radius 1 is 1.56 bits per heavy atom. The van der Waals surface area contributed by atoms with Crippen LogP contribution in [0.25, 0.3) is 0 Å². The summed E-state index contributed by atoms with van der Waals surface area (Å²) >= 11 is 1.82. The molecule has 16 heavy (non-hydrogen) atoms. The Hall–Kier alpha value is -0.670. The van der Waals surface area contributed by atoms with E-state index in [2.05, 4.69) is 29.5 Å². The molecular weight excluding hydrogens is 218 g/mol. The summed E-state index contributed by atoms with van der Waals surface area (Å²) in [5, 5.41) is 2.12. The Bertz CT molecular complexity index is 334. The number of thiophene rings is 1. The summed E-state index contributed by atoms with van der Waals surface area (Å²) in [6.45, 7) is 1.07. The predicted molar refractivity (Wildman–Crippen MR) is 67.9 cm³/mol. The molecule has 1 aromatic rings. The van der Waals surface area contributed by atoms with Gasteiger partial charge >= 0.3 is 0 Å². The molecule has 1 unspecified atom stereocenters. The van der Waals surface area contributed by atoms with Gasteiger partial charge in [-0.2, -0.15) is 0 Å². The zero-order chi connectivity index (χ0) is 11.4. The first-order valence-corrected chi connectivity index (χ1v) is 6.88. The second kappa shape index (κ2) is 5.60. The van der Waals surface area contributed by atoms with Gasteiger partial charge in [-0.15, -0.1) is 11.3 Å². The molecule has 0 spiro atoms. The zero-order valence-electron chi connectivity index (χ0n) is 9.82. The number of carbonyl (C=O) groups is 1. The standard InChI is InChI=1S/C13H19NOS/c1-14(8-7-13-6-3-9-16-13)11-4-2-5-12(15)10-11/h3,6,9,11H,2,4-5,7-8,10H2,1H3. The van der Waals surface area contributed by atoms with Crippen molar-refractivity contribution in [2.45, 2.75) is 38.1 Å². The van der Waals surface area contributed by atoms with Crippen LogP contribution in [0.15, 0.2) is 17.5 Å². The molecule has 0 aromatic carbocycles. The number of rotatable bonds is 4. The summed E-state index contributed by atoms with van der Waals surface area (Å²) in [6, 6.07) is 4.77. The molecule has 3 heteroatoms. The minimum absolute atomic E-state index is 0.444. The lowest BCUT2D eigenvalue weighted by Crippen LogP contribution is -2.37. The van der Waals surface area contributed by atoms with Gasteiger partial charge in [0.05, 0.1) is 0 Å². The molecule has 0 N–H and O–H groups in total. The number of likely N-dealkylation sites (N-methyl/N-ethyl adjacent to an activating group) is 1. The minimum Gasteiger partial charge on any atom is -0.303 e. The van der Waals surface area contributed by atoms with Crippen LogP contribution in [-0.2, 0) is 11.2 Å². The van der Waals surface area contributed by atoms with Crippen molar-refractivity contribution in [2.75, 3.05) is 13.6 Å². The van der Waals surface area contributed by atoms with Gasteiger partial charge in [-0.25, -0.2) is 0 Å². The summed E-state index contributed by atoms with van der Waals surface area (Å²) < 4.78 is 0. The third-order valence-corrected chi connectivity index (χ3v) is 4.31. The Labute approximate surface area is 101 Å². The molecule has 0 amide bonds. The van der Waals surface area contributed by atoms with E-state index in [0.29, 0.717) is 11.8 Å². The van der Waals surface area contributed by atoms with Crippen LogP contribution in [-0.4, -0.2) is 30.3 Å². The topological polar surface area (TPSA) is 20.3 Å². The fourth-order valence-corrected chi connectivity index (χ4v) is 3.00. The lowest BCUT2D eigenvalue weighted by atomic mass is 9.93. The Balaban J connectivity index is 1.78. The smallest absolute Gasteiger partial charge is 0.134 e. The molecule has 88 valence electrons. The SMILES string of the molecule is CN(CCc1cccs1)C1CCCC(=O)C1. The van der Waals surface area contributed by atoms with Crippen LogP contribution in [0.2, 0.25) is 0 Å². The average Bonchev–Trinajstić information content (AvgIpc) is 2.78. The van der Waals surface area contributed by atoms with Crippen molar-refractivity contribution >= 4 is 17.1 Å². The van der Waals surface area contributed by atoms with Gasteiger partial charge in [-0.3, -0.25) is 4.79 Å². The van der Waals surface area contributed by atoms with Gasteiger partial charge in [0, 0.05) is 30.3 Å². The largest absolute Gasteiger partial charge is 0.303 e. The molecule has 2 rings (SSSR count). The van der Waals surface area contributed by atoms with E-state index in [1.807, 2.05) is 11.3 Å². The number of hydrogen-bond donors (Lipinski definition) is 0. The van der Waals surface area contributed by atoms with E-state index in [0.717, 1.165) is 32.2 Å². The first-order valence-electron chi connectivity index (χ1n) is 6.00. The highest BCUT2D eigenvalue weighted by Gasteiger charge is 2.22. The monoisotopic (exact) mass is 237 g/mol. The highest BCUT2D eigenvalue weighted by molar-refractivity contribution is 7.09. The first kappa shape index (κ1) is 11.8. The van der Waals surface area contributed by atoms with Crippen molar-refractivity contribution in [2.24, 2.45) is 0 Å². The van der Waals surface area contributed by atoms with Gasteiger partial charge in [0.25, 0.3) is 0 Å². The molecule has 0 aliphatic heterocycles. The van der Waals surface area contributed by atoms with Crippen molar-refractivity contribution < 1.29 is 4.79 Å². The van der Waals surface area contributed by atoms with E-state index in [1.165, 1.54) is 11.3 Å². The van der Waals surface area contributed by atoms with E-state index >= 15 is 0 Å². The molecule has 0 bridgehead atoms. The molecule has 1 aliphatic carbocycles. The van der Waals surface area contributed by atoms with Crippen LogP contribution in [0.1, 0.15) is 30.6 Å². The molecular formula is C13H19NOS. The average molecular weight is 237 g/mol. The van der Waals surface area contributed by atoms with Gasteiger partial charge in [0.2, 0.25) is 0 Å². The molecule has 1 aliphatic rings. The lowest BCUT2D eigenvalue weighted by Gasteiger charge is -2.30. The molecule has 0 radical (unpaired) electrons. The number of Topliss-reactive ketones (excluding diaryl/α,β-unsaturated/α-hetero) is 1. The van der Waals surface area contributed by atoms with Crippen LogP contribution in [0, 0.1) is 0 Å². The highest BCUT2D eigenvalue weighted by Crippen LogP contribution is 2.20. The first-order chi connectivity index (χ1) is 7.75. The van der Waals surface area contributed by atoms with Crippen LogP contribution >= 0.6 is 11.3 Å². The number of hydrogen-bond acceptors (Lipinski definition) is 3. The zero-order valence-corrected chi connectivity index (χ0v) is 10.6. The fourth-order valence-electron chi connectivity index (χ4n) is 2.30. The maximum absolute atomic E-state index is 11.4. The number of ketones is 1. The van der Waals surface area contributed by atoms with Crippen molar-refractivity contribution in [3.63, 3.8) is 0 Å². The van der Waals surface area contributed by atoms with Gasteiger partial charge in [-0.05, 0) is 37.8 Å². The van der Waals surface area contributed by atoms with Crippen LogP contribution in [0.4, 0.5) is 0 Å². The quantitative estimate of drug-likeness (QED) is 0.802.